The van der Waals surface area contributed by atoms with Gasteiger partial charge in [-0.15, -0.1) is 0 Å². The Kier molecular flexibility index (Phi) is 4.16. The third-order valence-electron chi connectivity index (χ3n) is 2.92. The van der Waals surface area contributed by atoms with Crippen molar-refractivity contribution in [3.63, 3.8) is 0 Å². The lowest BCUT2D eigenvalue weighted by Gasteiger charge is -2.18. The molecule has 0 spiro atoms. The number of primary amides is 1. The Bertz CT molecular complexity index is 626. The number of alkyl halides is 3. The van der Waals surface area contributed by atoms with Crippen LogP contribution in [0.3, 0.4) is 0 Å². The van der Waals surface area contributed by atoms with Crippen LogP contribution < -0.4 is 11.1 Å². The molecule has 0 bridgehead atoms. The van der Waals surface area contributed by atoms with Gasteiger partial charge in [0.05, 0.1) is 5.56 Å². The summed E-state index contributed by atoms with van der Waals surface area (Å²) < 4.78 is 38.2. The standard InChI is InChI=1S/C15H13F3N2O/c16-15(17,18)11-6-4-5-10(9-11)13(14(19)21)20-12-7-2-1-3-8-12/h1-9,13,20H,(H2,19,21). The second-order valence-corrected chi connectivity index (χ2v) is 4.47. The SMILES string of the molecule is NC(=O)C(Nc1ccccc1)c1cccc(C(F)(F)F)c1. The average Bonchev–Trinajstić information content (AvgIpc) is 2.45. The molecule has 0 radical (unpaired) electrons. The summed E-state index contributed by atoms with van der Waals surface area (Å²) in [6.45, 7) is 0. The van der Waals surface area contributed by atoms with E-state index >= 15 is 0 Å². The smallest absolute Gasteiger partial charge is 0.370 e. The number of amides is 1. The number of hydrogen-bond acceptors (Lipinski definition) is 2. The molecule has 0 saturated heterocycles. The van der Waals surface area contributed by atoms with E-state index in [9.17, 15) is 18.0 Å². The predicted molar refractivity (Wildman–Crippen MR) is 73.4 cm³/mol. The summed E-state index contributed by atoms with van der Waals surface area (Å²) in [6.07, 6.45) is -4.47. The number of halogens is 3. The predicted octanol–water partition coefficient (Wildman–Crippen LogP) is 3.34. The maximum absolute atomic E-state index is 12.7. The van der Waals surface area contributed by atoms with Crippen molar-refractivity contribution in [3.05, 3.63) is 65.7 Å². The molecule has 0 saturated carbocycles. The van der Waals surface area contributed by atoms with E-state index in [4.69, 9.17) is 5.73 Å². The van der Waals surface area contributed by atoms with Crippen LogP contribution in [-0.2, 0) is 11.0 Å². The second kappa shape index (κ2) is 5.87. The highest BCUT2D eigenvalue weighted by Gasteiger charge is 2.31. The average molecular weight is 294 g/mol. The van der Waals surface area contributed by atoms with Crippen LogP contribution in [0.15, 0.2) is 54.6 Å². The number of rotatable bonds is 4. The summed E-state index contributed by atoms with van der Waals surface area (Å²) in [5.74, 6) is -0.752. The molecule has 1 amide bonds. The van der Waals surface area contributed by atoms with E-state index in [0.29, 0.717) is 5.69 Å². The molecule has 21 heavy (non-hydrogen) atoms. The minimum absolute atomic E-state index is 0.168. The van der Waals surface area contributed by atoms with Gasteiger partial charge < -0.3 is 11.1 Å². The Morgan fingerprint density at radius 3 is 2.29 bits per heavy atom. The van der Waals surface area contributed by atoms with E-state index in [-0.39, 0.29) is 5.56 Å². The molecule has 3 N–H and O–H groups in total. The van der Waals surface area contributed by atoms with Crippen molar-refractivity contribution in [1.29, 1.82) is 0 Å². The van der Waals surface area contributed by atoms with Crippen molar-refractivity contribution in [2.45, 2.75) is 12.2 Å². The largest absolute Gasteiger partial charge is 0.416 e. The Balaban J connectivity index is 2.33. The summed E-state index contributed by atoms with van der Waals surface area (Å²) in [5, 5.41) is 2.83. The molecule has 1 atom stereocenters. The summed E-state index contributed by atoms with van der Waals surface area (Å²) >= 11 is 0. The lowest BCUT2D eigenvalue weighted by Crippen LogP contribution is -2.28. The van der Waals surface area contributed by atoms with Crippen molar-refractivity contribution in [3.8, 4) is 0 Å². The molecule has 0 fully saturated rings. The van der Waals surface area contributed by atoms with E-state index in [1.54, 1.807) is 30.3 Å². The first kappa shape index (κ1) is 14.9. The molecular weight excluding hydrogens is 281 g/mol. The lowest BCUT2D eigenvalue weighted by atomic mass is 10.0. The van der Waals surface area contributed by atoms with Gasteiger partial charge >= 0.3 is 6.18 Å². The van der Waals surface area contributed by atoms with E-state index in [1.807, 2.05) is 0 Å². The number of carbonyl (C=O) groups is 1. The van der Waals surface area contributed by atoms with Gasteiger partial charge in [0, 0.05) is 5.69 Å². The highest BCUT2D eigenvalue weighted by molar-refractivity contribution is 5.84. The normalized spacial score (nSPS) is 12.7. The van der Waals surface area contributed by atoms with Gasteiger partial charge in [-0.05, 0) is 29.8 Å². The van der Waals surface area contributed by atoms with Gasteiger partial charge in [-0.2, -0.15) is 13.2 Å². The molecule has 6 heteroatoms. The molecule has 3 nitrogen and oxygen atoms in total. The third-order valence-corrected chi connectivity index (χ3v) is 2.92. The van der Waals surface area contributed by atoms with E-state index in [1.165, 1.54) is 12.1 Å². The van der Waals surface area contributed by atoms with Gasteiger partial charge in [-0.1, -0.05) is 30.3 Å². The number of carbonyl (C=O) groups excluding carboxylic acids is 1. The number of para-hydroxylation sites is 1. The Hall–Kier alpha value is -2.50. The first-order valence-electron chi connectivity index (χ1n) is 6.16. The van der Waals surface area contributed by atoms with Crippen LogP contribution >= 0.6 is 0 Å². The number of anilines is 1. The summed E-state index contributed by atoms with van der Waals surface area (Å²) in [5.41, 5.74) is 5.24. The fourth-order valence-corrected chi connectivity index (χ4v) is 1.91. The maximum Gasteiger partial charge on any atom is 0.416 e. The summed E-state index contributed by atoms with van der Waals surface area (Å²) in [6, 6.07) is 12.2. The Morgan fingerprint density at radius 2 is 1.71 bits per heavy atom. The van der Waals surface area contributed by atoms with Gasteiger partial charge in [0.1, 0.15) is 6.04 Å². The van der Waals surface area contributed by atoms with Crippen LogP contribution in [0.25, 0.3) is 0 Å². The van der Waals surface area contributed by atoms with Crippen LogP contribution in [0, 0.1) is 0 Å². The first-order chi connectivity index (χ1) is 9.88. The van der Waals surface area contributed by atoms with Crippen LogP contribution in [0.1, 0.15) is 17.2 Å². The van der Waals surface area contributed by atoms with Crippen LogP contribution in [-0.4, -0.2) is 5.91 Å². The van der Waals surface area contributed by atoms with Crippen molar-refractivity contribution < 1.29 is 18.0 Å². The van der Waals surface area contributed by atoms with Gasteiger partial charge in [-0.25, -0.2) is 0 Å². The van der Waals surface area contributed by atoms with Gasteiger partial charge in [-0.3, -0.25) is 4.79 Å². The Morgan fingerprint density at radius 1 is 1.05 bits per heavy atom. The van der Waals surface area contributed by atoms with Crippen LogP contribution in [0.4, 0.5) is 18.9 Å². The van der Waals surface area contributed by atoms with Gasteiger partial charge in [0.2, 0.25) is 5.91 Å². The summed E-state index contributed by atoms with van der Waals surface area (Å²) in [4.78, 5) is 11.5. The van der Waals surface area contributed by atoms with Crippen molar-refractivity contribution in [1.82, 2.24) is 0 Å². The molecule has 2 rings (SSSR count). The van der Waals surface area contributed by atoms with Crippen molar-refractivity contribution in [2.75, 3.05) is 5.32 Å². The fraction of sp³-hybridized carbons (Fsp3) is 0.133. The molecule has 2 aromatic rings. The monoisotopic (exact) mass is 294 g/mol. The number of benzene rings is 2. The quantitative estimate of drug-likeness (QED) is 0.908. The molecule has 1 unspecified atom stereocenters. The number of nitrogens with two attached hydrogens (primary N) is 1. The zero-order valence-electron chi connectivity index (χ0n) is 10.9. The maximum atomic E-state index is 12.7. The fourth-order valence-electron chi connectivity index (χ4n) is 1.91. The minimum atomic E-state index is -4.47. The highest BCUT2D eigenvalue weighted by Crippen LogP contribution is 2.31. The van der Waals surface area contributed by atoms with E-state index < -0.39 is 23.7 Å². The topological polar surface area (TPSA) is 55.1 Å². The van der Waals surface area contributed by atoms with Crippen LogP contribution in [0.2, 0.25) is 0 Å². The molecule has 0 aliphatic heterocycles. The van der Waals surface area contributed by atoms with Crippen molar-refractivity contribution in [2.24, 2.45) is 5.73 Å². The summed E-state index contributed by atoms with van der Waals surface area (Å²) in [7, 11) is 0. The minimum Gasteiger partial charge on any atom is -0.370 e. The van der Waals surface area contributed by atoms with Gasteiger partial charge in [0.15, 0.2) is 0 Å². The highest BCUT2D eigenvalue weighted by atomic mass is 19.4. The molecular formula is C15H13F3N2O. The lowest BCUT2D eigenvalue weighted by molar-refractivity contribution is -0.137. The first-order valence-corrected chi connectivity index (χ1v) is 6.16. The molecule has 2 aromatic carbocycles. The van der Waals surface area contributed by atoms with Crippen molar-refractivity contribution >= 4 is 11.6 Å². The molecule has 110 valence electrons. The van der Waals surface area contributed by atoms with E-state index in [0.717, 1.165) is 12.1 Å². The molecule has 0 aliphatic rings. The number of hydrogen-bond donors (Lipinski definition) is 2. The Labute approximate surface area is 119 Å². The zero-order valence-corrected chi connectivity index (χ0v) is 10.9. The second-order valence-electron chi connectivity index (χ2n) is 4.47. The number of nitrogens with one attached hydrogen (secondary N) is 1. The molecule has 0 aromatic heterocycles. The third kappa shape index (κ3) is 3.75. The zero-order chi connectivity index (χ0) is 15.5. The van der Waals surface area contributed by atoms with Gasteiger partial charge in [0.25, 0.3) is 0 Å². The molecule has 0 aliphatic carbocycles. The van der Waals surface area contributed by atoms with E-state index in [2.05, 4.69) is 5.32 Å². The van der Waals surface area contributed by atoms with Crippen LogP contribution in [0.5, 0.6) is 0 Å². The molecule has 0 heterocycles.